The largest absolute Gasteiger partial charge is 0.465 e. The molecule has 0 aliphatic heterocycles. The van der Waals surface area contributed by atoms with Crippen molar-refractivity contribution in [2.24, 2.45) is 5.92 Å². The van der Waals surface area contributed by atoms with Crippen LogP contribution in [0.25, 0.3) is 0 Å². The van der Waals surface area contributed by atoms with Crippen molar-refractivity contribution in [1.29, 1.82) is 0 Å². The van der Waals surface area contributed by atoms with Crippen LogP contribution in [0, 0.1) is 5.92 Å². The van der Waals surface area contributed by atoms with E-state index in [1.807, 2.05) is 6.07 Å². The molecule has 1 fully saturated rings. The standard InChI is InChI=1S/C17H22O4/c18-16(14-8-3-1-4-9-14)20-12-7-13-21-17(19)15-10-5-2-6-11-15/h1,3-4,8-9,15H,2,5-7,10-13H2. The summed E-state index contributed by atoms with van der Waals surface area (Å²) in [5.74, 6) is -0.357. The van der Waals surface area contributed by atoms with Crippen molar-refractivity contribution in [2.75, 3.05) is 13.2 Å². The molecule has 1 aromatic rings. The van der Waals surface area contributed by atoms with Gasteiger partial charge in [0.15, 0.2) is 0 Å². The SMILES string of the molecule is O=C(OCCCOC(=O)C1CCCCC1)c1ccccc1. The third-order valence-corrected chi connectivity index (χ3v) is 3.71. The molecule has 4 heteroatoms. The maximum Gasteiger partial charge on any atom is 0.338 e. The lowest BCUT2D eigenvalue weighted by Crippen LogP contribution is -2.21. The summed E-state index contributed by atoms with van der Waals surface area (Å²) in [7, 11) is 0. The van der Waals surface area contributed by atoms with Crippen LogP contribution in [0.15, 0.2) is 30.3 Å². The van der Waals surface area contributed by atoms with Gasteiger partial charge in [0, 0.05) is 6.42 Å². The number of hydrogen-bond donors (Lipinski definition) is 0. The molecule has 0 radical (unpaired) electrons. The first-order chi connectivity index (χ1) is 10.3. The Hall–Kier alpha value is -1.84. The Morgan fingerprint density at radius 3 is 2.33 bits per heavy atom. The summed E-state index contributed by atoms with van der Waals surface area (Å²) in [4.78, 5) is 23.4. The number of carbonyl (C=O) groups excluding carboxylic acids is 2. The topological polar surface area (TPSA) is 52.6 Å². The van der Waals surface area contributed by atoms with Crippen LogP contribution >= 0.6 is 0 Å². The number of benzene rings is 1. The highest BCUT2D eigenvalue weighted by molar-refractivity contribution is 5.89. The van der Waals surface area contributed by atoms with E-state index < -0.39 is 0 Å². The van der Waals surface area contributed by atoms with Gasteiger partial charge < -0.3 is 9.47 Å². The lowest BCUT2D eigenvalue weighted by Gasteiger charge is -2.19. The van der Waals surface area contributed by atoms with E-state index in [9.17, 15) is 9.59 Å². The summed E-state index contributed by atoms with van der Waals surface area (Å²) in [5.41, 5.74) is 0.539. The average molecular weight is 290 g/mol. The van der Waals surface area contributed by atoms with E-state index in [1.165, 1.54) is 6.42 Å². The van der Waals surface area contributed by atoms with Gasteiger partial charge in [-0.25, -0.2) is 4.79 Å². The minimum absolute atomic E-state index is 0.0746. The van der Waals surface area contributed by atoms with E-state index in [-0.39, 0.29) is 24.5 Å². The molecule has 0 atom stereocenters. The Bertz CT molecular complexity index is 449. The van der Waals surface area contributed by atoms with E-state index in [0.717, 1.165) is 25.7 Å². The summed E-state index contributed by atoms with van der Waals surface area (Å²) in [5, 5.41) is 0. The van der Waals surface area contributed by atoms with Gasteiger partial charge in [-0.3, -0.25) is 4.79 Å². The first-order valence-corrected chi connectivity index (χ1v) is 7.66. The highest BCUT2D eigenvalue weighted by Gasteiger charge is 2.22. The van der Waals surface area contributed by atoms with E-state index in [0.29, 0.717) is 18.6 Å². The molecule has 1 saturated carbocycles. The summed E-state index contributed by atoms with van der Waals surface area (Å²) in [6.45, 7) is 0.586. The molecule has 0 heterocycles. The van der Waals surface area contributed by atoms with Gasteiger partial charge in [0.1, 0.15) is 0 Å². The van der Waals surface area contributed by atoms with Gasteiger partial charge in [-0.1, -0.05) is 37.5 Å². The molecule has 21 heavy (non-hydrogen) atoms. The predicted molar refractivity (Wildman–Crippen MR) is 78.9 cm³/mol. The lowest BCUT2D eigenvalue weighted by atomic mass is 9.89. The van der Waals surface area contributed by atoms with Crippen LogP contribution in [0.5, 0.6) is 0 Å². The van der Waals surface area contributed by atoms with E-state index >= 15 is 0 Å². The monoisotopic (exact) mass is 290 g/mol. The third kappa shape index (κ3) is 5.21. The maximum absolute atomic E-state index is 11.8. The second-order valence-corrected chi connectivity index (χ2v) is 5.36. The molecular formula is C17H22O4. The van der Waals surface area contributed by atoms with Crippen molar-refractivity contribution < 1.29 is 19.1 Å². The van der Waals surface area contributed by atoms with Crippen molar-refractivity contribution in [3.63, 3.8) is 0 Å². The van der Waals surface area contributed by atoms with Gasteiger partial charge >= 0.3 is 11.9 Å². The maximum atomic E-state index is 11.8. The number of ether oxygens (including phenoxy) is 2. The lowest BCUT2D eigenvalue weighted by molar-refractivity contribution is -0.149. The molecule has 1 aromatic carbocycles. The van der Waals surface area contributed by atoms with Crippen molar-refractivity contribution >= 4 is 11.9 Å². The summed E-state index contributed by atoms with van der Waals surface area (Å²) in [6.07, 6.45) is 5.89. The Kier molecular flexibility index (Phi) is 6.25. The van der Waals surface area contributed by atoms with E-state index in [4.69, 9.17) is 9.47 Å². The highest BCUT2D eigenvalue weighted by Crippen LogP contribution is 2.24. The second-order valence-electron chi connectivity index (χ2n) is 5.36. The molecule has 0 bridgehead atoms. The molecule has 114 valence electrons. The highest BCUT2D eigenvalue weighted by atomic mass is 16.5. The molecular weight excluding hydrogens is 268 g/mol. The van der Waals surface area contributed by atoms with Crippen molar-refractivity contribution in [2.45, 2.75) is 38.5 Å². The van der Waals surface area contributed by atoms with Crippen LogP contribution in [0.3, 0.4) is 0 Å². The van der Waals surface area contributed by atoms with Crippen LogP contribution in [-0.4, -0.2) is 25.2 Å². The number of hydrogen-bond acceptors (Lipinski definition) is 4. The molecule has 0 saturated heterocycles. The molecule has 4 nitrogen and oxygen atoms in total. The Labute approximate surface area is 125 Å². The average Bonchev–Trinajstić information content (AvgIpc) is 2.55. The quantitative estimate of drug-likeness (QED) is 0.595. The van der Waals surface area contributed by atoms with Gasteiger partial charge in [-0.15, -0.1) is 0 Å². The van der Waals surface area contributed by atoms with Crippen molar-refractivity contribution in [3.05, 3.63) is 35.9 Å². The number of rotatable bonds is 6. The van der Waals surface area contributed by atoms with Crippen LogP contribution in [0.2, 0.25) is 0 Å². The normalized spacial score (nSPS) is 15.4. The third-order valence-electron chi connectivity index (χ3n) is 3.71. The van der Waals surface area contributed by atoms with Gasteiger partial charge in [-0.2, -0.15) is 0 Å². The molecule has 0 spiro atoms. The molecule has 0 aromatic heterocycles. The molecule has 2 rings (SSSR count). The molecule has 0 N–H and O–H groups in total. The fourth-order valence-corrected chi connectivity index (χ4v) is 2.51. The molecule has 0 unspecified atom stereocenters. The first-order valence-electron chi connectivity index (χ1n) is 7.66. The zero-order valence-corrected chi connectivity index (χ0v) is 12.3. The molecule has 0 amide bonds. The van der Waals surface area contributed by atoms with Crippen LogP contribution in [0.1, 0.15) is 48.9 Å². The summed E-state index contributed by atoms with van der Waals surface area (Å²) < 4.78 is 10.4. The van der Waals surface area contributed by atoms with Crippen molar-refractivity contribution in [1.82, 2.24) is 0 Å². The van der Waals surface area contributed by atoms with Gasteiger partial charge in [0.25, 0.3) is 0 Å². The molecule has 1 aliphatic carbocycles. The van der Waals surface area contributed by atoms with E-state index in [1.54, 1.807) is 24.3 Å². The van der Waals surface area contributed by atoms with Crippen LogP contribution < -0.4 is 0 Å². The second kappa shape index (κ2) is 8.45. The van der Waals surface area contributed by atoms with Gasteiger partial charge in [0.05, 0.1) is 24.7 Å². The Morgan fingerprint density at radius 1 is 0.952 bits per heavy atom. The number of carbonyl (C=O) groups is 2. The van der Waals surface area contributed by atoms with Gasteiger partial charge in [0.2, 0.25) is 0 Å². The van der Waals surface area contributed by atoms with Crippen molar-refractivity contribution in [3.8, 4) is 0 Å². The minimum Gasteiger partial charge on any atom is -0.465 e. The zero-order valence-electron chi connectivity index (χ0n) is 12.3. The Balaban J connectivity index is 1.57. The van der Waals surface area contributed by atoms with Crippen LogP contribution in [-0.2, 0) is 14.3 Å². The minimum atomic E-state index is -0.339. The first kappa shape index (κ1) is 15.5. The zero-order chi connectivity index (χ0) is 14.9. The van der Waals surface area contributed by atoms with Gasteiger partial charge in [-0.05, 0) is 25.0 Å². The van der Waals surface area contributed by atoms with E-state index in [2.05, 4.69) is 0 Å². The Morgan fingerprint density at radius 2 is 1.62 bits per heavy atom. The fraction of sp³-hybridized carbons (Fsp3) is 0.529. The summed E-state index contributed by atoms with van der Waals surface area (Å²) >= 11 is 0. The van der Waals surface area contributed by atoms with Crippen LogP contribution in [0.4, 0.5) is 0 Å². The predicted octanol–water partition coefficient (Wildman–Crippen LogP) is 3.36. The number of esters is 2. The summed E-state index contributed by atoms with van der Waals surface area (Å²) in [6, 6.07) is 8.86. The fourth-order valence-electron chi connectivity index (χ4n) is 2.51. The smallest absolute Gasteiger partial charge is 0.338 e. The molecule has 1 aliphatic rings.